The molecule has 2 atom stereocenters. The van der Waals surface area contributed by atoms with E-state index in [1.165, 1.54) is 0 Å². The van der Waals surface area contributed by atoms with Gasteiger partial charge in [0.05, 0.1) is 17.8 Å². The fourth-order valence-corrected chi connectivity index (χ4v) is 5.00. The average molecular weight is 470 g/mol. The zero-order chi connectivity index (χ0) is 21.0. The van der Waals surface area contributed by atoms with Gasteiger partial charge in [-0.3, -0.25) is 4.79 Å². The molecule has 2 aromatic carbocycles. The molecule has 1 aromatic heterocycles. The molecule has 2 aliphatic rings. The maximum atomic E-state index is 13.4. The number of nitrogens with one attached hydrogen (secondary N) is 1. The highest BCUT2D eigenvalue weighted by molar-refractivity contribution is 9.10. The fourth-order valence-electron chi connectivity index (χ4n) is 4.64. The van der Waals surface area contributed by atoms with E-state index in [9.17, 15) is 9.90 Å². The Bertz CT molecular complexity index is 1150. The molecule has 1 aliphatic carbocycles. The number of carbonyl (C=O) groups excluding carboxylic acids is 1. The molecule has 30 heavy (non-hydrogen) atoms. The Balaban J connectivity index is 1.49. The molecule has 5 nitrogen and oxygen atoms in total. The zero-order valence-electron chi connectivity index (χ0n) is 17.0. The number of aliphatic hydroxyl groups excluding tert-OH is 1. The summed E-state index contributed by atoms with van der Waals surface area (Å²) in [5, 5.41) is 10.8. The van der Waals surface area contributed by atoms with Crippen LogP contribution in [0.15, 0.2) is 40.9 Å². The SMILES string of the molecule is CC1(C)c2cc(OCC3CC(O)CCO3)ccc2C(=O)c2c1[nH]c1cc(Br)ccc21. The smallest absolute Gasteiger partial charge is 0.195 e. The third-order valence-electron chi connectivity index (χ3n) is 6.30. The van der Waals surface area contributed by atoms with Crippen LogP contribution in [0.2, 0.25) is 0 Å². The summed E-state index contributed by atoms with van der Waals surface area (Å²) in [6.07, 6.45) is 0.823. The molecule has 5 rings (SSSR count). The fraction of sp³-hybridized carbons (Fsp3) is 0.375. The van der Waals surface area contributed by atoms with Crippen molar-refractivity contribution in [1.29, 1.82) is 0 Å². The quantitative estimate of drug-likeness (QED) is 0.581. The number of ketones is 1. The van der Waals surface area contributed by atoms with Crippen molar-refractivity contribution < 1.29 is 19.4 Å². The van der Waals surface area contributed by atoms with Gasteiger partial charge in [0.15, 0.2) is 5.78 Å². The number of aromatic amines is 1. The number of halogens is 1. The van der Waals surface area contributed by atoms with Crippen LogP contribution in [0.5, 0.6) is 5.75 Å². The van der Waals surface area contributed by atoms with E-state index >= 15 is 0 Å². The molecule has 1 fully saturated rings. The van der Waals surface area contributed by atoms with Gasteiger partial charge in [-0.2, -0.15) is 0 Å². The topological polar surface area (TPSA) is 71.5 Å². The lowest BCUT2D eigenvalue weighted by atomic mass is 9.71. The van der Waals surface area contributed by atoms with Crippen LogP contribution in [0.25, 0.3) is 10.9 Å². The van der Waals surface area contributed by atoms with Crippen LogP contribution in [0.3, 0.4) is 0 Å². The van der Waals surface area contributed by atoms with Crippen molar-refractivity contribution in [2.24, 2.45) is 0 Å². The first-order valence-electron chi connectivity index (χ1n) is 10.3. The highest BCUT2D eigenvalue weighted by Gasteiger charge is 2.39. The number of H-pyrrole nitrogens is 1. The molecule has 1 saturated heterocycles. The zero-order valence-corrected chi connectivity index (χ0v) is 18.6. The molecule has 0 bridgehead atoms. The number of aliphatic hydroxyl groups is 1. The lowest BCUT2D eigenvalue weighted by Gasteiger charge is -2.32. The van der Waals surface area contributed by atoms with Crippen molar-refractivity contribution in [3.8, 4) is 5.75 Å². The molecule has 2 N–H and O–H groups in total. The van der Waals surface area contributed by atoms with Gasteiger partial charge in [-0.1, -0.05) is 35.8 Å². The Morgan fingerprint density at radius 2 is 2.10 bits per heavy atom. The monoisotopic (exact) mass is 469 g/mol. The average Bonchev–Trinajstić information content (AvgIpc) is 3.10. The second kappa shape index (κ2) is 7.22. The Morgan fingerprint density at radius 3 is 2.90 bits per heavy atom. The number of aromatic nitrogens is 1. The molecule has 3 aromatic rings. The van der Waals surface area contributed by atoms with Gasteiger partial charge in [0.1, 0.15) is 12.4 Å². The minimum atomic E-state index is -0.374. The Morgan fingerprint density at radius 1 is 1.27 bits per heavy atom. The molecule has 0 saturated carbocycles. The highest BCUT2D eigenvalue weighted by atomic mass is 79.9. The maximum absolute atomic E-state index is 13.4. The minimum Gasteiger partial charge on any atom is -0.491 e. The molecule has 2 unspecified atom stereocenters. The van der Waals surface area contributed by atoms with Crippen LogP contribution in [-0.4, -0.2) is 41.3 Å². The van der Waals surface area contributed by atoms with Crippen molar-refractivity contribution in [1.82, 2.24) is 4.98 Å². The van der Waals surface area contributed by atoms with Gasteiger partial charge in [-0.05, 0) is 42.3 Å². The lowest BCUT2D eigenvalue weighted by molar-refractivity contribution is -0.0600. The van der Waals surface area contributed by atoms with Gasteiger partial charge < -0.3 is 19.6 Å². The third-order valence-corrected chi connectivity index (χ3v) is 6.79. The number of benzene rings is 2. The number of ether oxygens (including phenoxy) is 2. The Labute approximate surface area is 183 Å². The molecule has 0 radical (unpaired) electrons. The van der Waals surface area contributed by atoms with Crippen LogP contribution < -0.4 is 4.74 Å². The van der Waals surface area contributed by atoms with Crippen LogP contribution in [-0.2, 0) is 10.2 Å². The number of carbonyl (C=O) groups is 1. The second-order valence-electron chi connectivity index (χ2n) is 8.71. The summed E-state index contributed by atoms with van der Waals surface area (Å²) >= 11 is 3.51. The number of rotatable bonds is 3. The van der Waals surface area contributed by atoms with Crippen molar-refractivity contribution in [2.75, 3.05) is 13.2 Å². The summed E-state index contributed by atoms with van der Waals surface area (Å²) < 4.78 is 12.6. The summed E-state index contributed by atoms with van der Waals surface area (Å²) in [6, 6.07) is 11.7. The summed E-state index contributed by atoms with van der Waals surface area (Å²) in [6.45, 7) is 5.20. The predicted molar refractivity (Wildman–Crippen MR) is 118 cm³/mol. The highest BCUT2D eigenvalue weighted by Crippen LogP contribution is 2.44. The van der Waals surface area contributed by atoms with Gasteiger partial charge in [-0.15, -0.1) is 0 Å². The first-order valence-corrected chi connectivity index (χ1v) is 11.1. The predicted octanol–water partition coefficient (Wildman–Crippen LogP) is 4.72. The van der Waals surface area contributed by atoms with Crippen LogP contribution in [0.1, 0.15) is 53.9 Å². The van der Waals surface area contributed by atoms with Crippen molar-refractivity contribution >= 4 is 32.6 Å². The van der Waals surface area contributed by atoms with E-state index in [4.69, 9.17) is 9.47 Å². The first kappa shape index (κ1) is 19.8. The number of fused-ring (bicyclic) bond motifs is 4. The molecule has 0 amide bonds. The molecule has 156 valence electrons. The van der Waals surface area contributed by atoms with Crippen molar-refractivity contribution in [2.45, 2.75) is 44.3 Å². The van der Waals surface area contributed by atoms with E-state index < -0.39 is 0 Å². The molecule has 0 spiro atoms. The third kappa shape index (κ3) is 3.18. The normalized spacial score (nSPS) is 22.6. The van der Waals surface area contributed by atoms with Crippen LogP contribution >= 0.6 is 15.9 Å². The van der Waals surface area contributed by atoms with E-state index in [2.05, 4.69) is 34.8 Å². The van der Waals surface area contributed by atoms with Crippen molar-refractivity contribution in [3.05, 3.63) is 63.3 Å². The Hall–Kier alpha value is -2.15. The van der Waals surface area contributed by atoms with Crippen molar-refractivity contribution in [3.63, 3.8) is 0 Å². The molecular formula is C24H24BrNO4. The standard InChI is InChI=1S/C24H24BrNO4/c1-24(2)19-11-15(30-12-16-10-14(27)7-8-29-16)4-6-17(19)22(28)21-18-5-3-13(25)9-20(18)26-23(21)24/h3-6,9,11,14,16,26-27H,7-8,10,12H2,1-2H3. The van der Waals surface area contributed by atoms with E-state index in [1.807, 2.05) is 36.4 Å². The second-order valence-corrected chi connectivity index (χ2v) is 9.62. The largest absolute Gasteiger partial charge is 0.491 e. The van der Waals surface area contributed by atoms with Gasteiger partial charge >= 0.3 is 0 Å². The van der Waals surface area contributed by atoms with Gasteiger partial charge in [0.25, 0.3) is 0 Å². The summed E-state index contributed by atoms with van der Waals surface area (Å²) in [5.74, 6) is 0.749. The summed E-state index contributed by atoms with van der Waals surface area (Å²) in [4.78, 5) is 16.9. The molecular weight excluding hydrogens is 446 g/mol. The van der Waals surface area contributed by atoms with E-state index in [0.29, 0.717) is 37.4 Å². The number of hydrogen-bond donors (Lipinski definition) is 2. The van der Waals surface area contributed by atoms with E-state index in [1.54, 1.807) is 0 Å². The molecule has 2 heterocycles. The van der Waals surface area contributed by atoms with Crippen LogP contribution in [0.4, 0.5) is 0 Å². The van der Waals surface area contributed by atoms with E-state index in [0.717, 1.165) is 32.2 Å². The molecule has 6 heteroatoms. The Kier molecular flexibility index (Phi) is 4.76. The first-order chi connectivity index (χ1) is 14.3. The van der Waals surface area contributed by atoms with Gasteiger partial charge in [-0.25, -0.2) is 0 Å². The summed E-state index contributed by atoms with van der Waals surface area (Å²) in [7, 11) is 0. The maximum Gasteiger partial charge on any atom is 0.195 e. The number of hydrogen-bond acceptors (Lipinski definition) is 4. The summed E-state index contributed by atoms with van der Waals surface area (Å²) in [5.41, 5.74) is 3.94. The van der Waals surface area contributed by atoms with Gasteiger partial charge in [0, 0.05) is 45.1 Å². The van der Waals surface area contributed by atoms with E-state index in [-0.39, 0.29) is 23.4 Å². The van der Waals surface area contributed by atoms with Crippen LogP contribution in [0, 0.1) is 0 Å². The van der Waals surface area contributed by atoms with Gasteiger partial charge in [0.2, 0.25) is 0 Å². The lowest BCUT2D eigenvalue weighted by Crippen LogP contribution is -2.33. The minimum absolute atomic E-state index is 0.0400. The molecule has 1 aliphatic heterocycles.